The van der Waals surface area contributed by atoms with Crippen molar-refractivity contribution < 1.29 is 0 Å². The Morgan fingerprint density at radius 2 is 1.65 bits per heavy atom. The molecule has 0 atom stereocenters. The zero-order valence-corrected chi connectivity index (χ0v) is 11.1. The molecule has 0 aromatic carbocycles. The molecule has 0 spiro atoms. The Balaban J connectivity index is 1.46. The lowest BCUT2D eigenvalue weighted by molar-refractivity contribution is 0.186. The number of hydrogen-bond acceptors (Lipinski definition) is 2. The third-order valence-electron chi connectivity index (χ3n) is 5.66. The van der Waals surface area contributed by atoms with Crippen LogP contribution < -0.4 is 11.1 Å². The molecule has 3 aliphatic carbocycles. The van der Waals surface area contributed by atoms with E-state index in [0.717, 1.165) is 17.9 Å². The Kier molecular flexibility index (Phi) is 3.20. The minimum absolute atomic E-state index is 0.442. The molecule has 2 heteroatoms. The minimum atomic E-state index is 0.442. The van der Waals surface area contributed by atoms with Crippen LogP contribution in [0.2, 0.25) is 0 Å². The molecular weight excluding hydrogens is 208 g/mol. The van der Waals surface area contributed by atoms with Crippen molar-refractivity contribution in [2.75, 3.05) is 19.6 Å². The summed E-state index contributed by atoms with van der Waals surface area (Å²) in [5.74, 6) is 1.08. The van der Waals surface area contributed by atoms with Gasteiger partial charge in [-0.1, -0.05) is 19.3 Å². The van der Waals surface area contributed by atoms with E-state index in [-0.39, 0.29) is 0 Å². The highest BCUT2D eigenvalue weighted by atomic mass is 14.9. The van der Waals surface area contributed by atoms with Crippen molar-refractivity contribution >= 4 is 0 Å². The Morgan fingerprint density at radius 3 is 2.18 bits per heavy atom. The second kappa shape index (κ2) is 4.55. The molecule has 0 radical (unpaired) electrons. The molecule has 3 N–H and O–H groups in total. The van der Waals surface area contributed by atoms with Crippen LogP contribution in [-0.4, -0.2) is 19.6 Å². The van der Waals surface area contributed by atoms with Gasteiger partial charge >= 0.3 is 0 Å². The van der Waals surface area contributed by atoms with Gasteiger partial charge in [0.15, 0.2) is 0 Å². The molecule has 0 saturated heterocycles. The molecular formula is C15H28N2. The third-order valence-corrected chi connectivity index (χ3v) is 5.66. The van der Waals surface area contributed by atoms with Crippen molar-refractivity contribution in [2.45, 2.75) is 57.8 Å². The van der Waals surface area contributed by atoms with Crippen molar-refractivity contribution in [3.8, 4) is 0 Å². The lowest BCUT2D eigenvalue weighted by Gasteiger charge is -2.37. The summed E-state index contributed by atoms with van der Waals surface area (Å²) in [5.41, 5.74) is 7.22. The van der Waals surface area contributed by atoms with Gasteiger partial charge in [-0.05, 0) is 61.8 Å². The largest absolute Gasteiger partial charge is 0.330 e. The fourth-order valence-electron chi connectivity index (χ4n) is 3.92. The second-order valence-electron chi connectivity index (χ2n) is 7.00. The van der Waals surface area contributed by atoms with Gasteiger partial charge < -0.3 is 11.1 Å². The van der Waals surface area contributed by atoms with Gasteiger partial charge in [0.2, 0.25) is 0 Å². The first-order chi connectivity index (χ1) is 8.29. The highest BCUT2D eigenvalue weighted by Gasteiger charge is 2.53. The van der Waals surface area contributed by atoms with Gasteiger partial charge in [-0.2, -0.15) is 0 Å². The zero-order valence-electron chi connectivity index (χ0n) is 11.1. The quantitative estimate of drug-likeness (QED) is 0.744. The molecule has 3 aliphatic rings. The SMILES string of the molecule is NCC1(CNCC2(C3CC3)CC2)CCCCC1. The Bertz CT molecular complexity index is 260. The fourth-order valence-corrected chi connectivity index (χ4v) is 3.92. The number of nitrogens with two attached hydrogens (primary N) is 1. The van der Waals surface area contributed by atoms with Gasteiger partial charge in [0.1, 0.15) is 0 Å². The second-order valence-corrected chi connectivity index (χ2v) is 7.00. The molecule has 3 saturated carbocycles. The molecule has 0 aliphatic heterocycles. The summed E-state index contributed by atoms with van der Waals surface area (Å²) >= 11 is 0. The molecule has 3 rings (SSSR count). The lowest BCUT2D eigenvalue weighted by atomic mass is 9.74. The van der Waals surface area contributed by atoms with Gasteiger partial charge in [0.25, 0.3) is 0 Å². The highest BCUT2D eigenvalue weighted by molar-refractivity contribution is 5.05. The van der Waals surface area contributed by atoms with Crippen LogP contribution in [0.25, 0.3) is 0 Å². The molecule has 17 heavy (non-hydrogen) atoms. The maximum Gasteiger partial charge on any atom is 0.00201 e. The Hall–Kier alpha value is -0.0800. The van der Waals surface area contributed by atoms with Gasteiger partial charge in [-0.3, -0.25) is 0 Å². The summed E-state index contributed by atoms with van der Waals surface area (Å²) in [4.78, 5) is 0. The summed E-state index contributed by atoms with van der Waals surface area (Å²) in [6.07, 6.45) is 12.9. The van der Waals surface area contributed by atoms with E-state index < -0.39 is 0 Å². The summed E-state index contributed by atoms with van der Waals surface area (Å²) in [6, 6.07) is 0. The fraction of sp³-hybridized carbons (Fsp3) is 1.00. The van der Waals surface area contributed by atoms with Crippen molar-refractivity contribution in [1.82, 2.24) is 5.32 Å². The van der Waals surface area contributed by atoms with Gasteiger partial charge in [0.05, 0.1) is 0 Å². The van der Waals surface area contributed by atoms with Crippen LogP contribution in [-0.2, 0) is 0 Å². The maximum absolute atomic E-state index is 6.04. The molecule has 0 aromatic rings. The lowest BCUT2D eigenvalue weighted by Crippen LogP contribution is -2.43. The van der Waals surface area contributed by atoms with Gasteiger partial charge in [-0.25, -0.2) is 0 Å². The van der Waals surface area contributed by atoms with Crippen molar-refractivity contribution in [1.29, 1.82) is 0 Å². The van der Waals surface area contributed by atoms with E-state index in [1.54, 1.807) is 0 Å². The van der Waals surface area contributed by atoms with E-state index in [0.29, 0.717) is 5.41 Å². The van der Waals surface area contributed by atoms with Crippen LogP contribution in [0.1, 0.15) is 57.8 Å². The summed E-state index contributed by atoms with van der Waals surface area (Å²) < 4.78 is 0. The monoisotopic (exact) mass is 236 g/mol. The number of nitrogens with one attached hydrogen (secondary N) is 1. The van der Waals surface area contributed by atoms with E-state index >= 15 is 0 Å². The first-order valence-corrected chi connectivity index (χ1v) is 7.70. The molecule has 3 fully saturated rings. The predicted molar refractivity (Wildman–Crippen MR) is 71.8 cm³/mol. The van der Waals surface area contributed by atoms with Crippen LogP contribution in [0.3, 0.4) is 0 Å². The predicted octanol–water partition coefficient (Wildman–Crippen LogP) is 2.68. The van der Waals surface area contributed by atoms with Crippen LogP contribution in [0.5, 0.6) is 0 Å². The summed E-state index contributed by atoms with van der Waals surface area (Å²) in [5, 5.41) is 3.79. The molecule has 0 amide bonds. The van der Waals surface area contributed by atoms with E-state index in [2.05, 4.69) is 5.32 Å². The van der Waals surface area contributed by atoms with Crippen LogP contribution in [0.15, 0.2) is 0 Å². The average molecular weight is 236 g/mol. The molecule has 98 valence electrons. The van der Waals surface area contributed by atoms with E-state index in [9.17, 15) is 0 Å². The Labute approximate surface area is 106 Å². The van der Waals surface area contributed by atoms with Crippen molar-refractivity contribution in [3.63, 3.8) is 0 Å². The standard InChI is InChI=1S/C15H28N2/c16-10-14(6-2-1-3-7-14)11-17-12-15(8-9-15)13-4-5-13/h13,17H,1-12,16H2. The van der Waals surface area contributed by atoms with Gasteiger partial charge in [0, 0.05) is 13.1 Å². The van der Waals surface area contributed by atoms with Crippen LogP contribution >= 0.6 is 0 Å². The number of hydrogen-bond donors (Lipinski definition) is 2. The van der Waals surface area contributed by atoms with Crippen LogP contribution in [0.4, 0.5) is 0 Å². The van der Waals surface area contributed by atoms with Crippen LogP contribution in [0, 0.1) is 16.7 Å². The molecule has 2 nitrogen and oxygen atoms in total. The first-order valence-electron chi connectivity index (χ1n) is 7.70. The zero-order chi connectivity index (χ0) is 11.8. The topological polar surface area (TPSA) is 38.0 Å². The highest BCUT2D eigenvalue weighted by Crippen LogP contribution is 2.60. The minimum Gasteiger partial charge on any atom is -0.330 e. The molecule has 0 unspecified atom stereocenters. The van der Waals surface area contributed by atoms with E-state index in [1.165, 1.54) is 70.9 Å². The number of rotatable bonds is 6. The van der Waals surface area contributed by atoms with Crippen molar-refractivity contribution in [3.05, 3.63) is 0 Å². The van der Waals surface area contributed by atoms with E-state index in [1.807, 2.05) is 0 Å². The molecule has 0 heterocycles. The smallest absolute Gasteiger partial charge is 0.00201 e. The average Bonchev–Trinajstić information content (AvgIpc) is 3.23. The normalized spacial score (nSPS) is 30.2. The van der Waals surface area contributed by atoms with E-state index in [4.69, 9.17) is 5.73 Å². The summed E-state index contributed by atoms with van der Waals surface area (Å²) in [7, 11) is 0. The summed E-state index contributed by atoms with van der Waals surface area (Å²) in [6.45, 7) is 3.34. The third kappa shape index (κ3) is 2.53. The molecule has 0 aromatic heterocycles. The maximum atomic E-state index is 6.04. The van der Waals surface area contributed by atoms with Gasteiger partial charge in [-0.15, -0.1) is 0 Å². The Morgan fingerprint density at radius 1 is 0.941 bits per heavy atom. The first kappa shape index (κ1) is 12.0. The molecule has 0 bridgehead atoms. The van der Waals surface area contributed by atoms with Crippen molar-refractivity contribution in [2.24, 2.45) is 22.5 Å².